The molecule has 0 heterocycles. The summed E-state index contributed by atoms with van der Waals surface area (Å²) in [6.07, 6.45) is 1.44. The predicted octanol–water partition coefficient (Wildman–Crippen LogP) is 1.76. The maximum Gasteiger partial charge on any atom is 0.320 e. The lowest BCUT2D eigenvalue weighted by Crippen LogP contribution is -2.37. The molecule has 0 aromatic carbocycles. The van der Waals surface area contributed by atoms with Crippen molar-refractivity contribution in [2.24, 2.45) is 5.41 Å². The molecule has 0 saturated heterocycles. The van der Waals surface area contributed by atoms with Crippen LogP contribution in [-0.4, -0.2) is 24.3 Å². The van der Waals surface area contributed by atoms with Gasteiger partial charge in [-0.2, -0.15) is 0 Å². The van der Waals surface area contributed by atoms with Crippen LogP contribution in [-0.2, 0) is 23.9 Å². The molecule has 1 atom stereocenters. The van der Waals surface area contributed by atoms with E-state index >= 15 is 0 Å². The summed E-state index contributed by atoms with van der Waals surface area (Å²) in [6, 6.07) is 0. The zero-order chi connectivity index (χ0) is 13.8. The molecule has 100 valence electrons. The number of esters is 2. The minimum absolute atomic E-state index is 0.0181. The number of ether oxygens (including phenoxy) is 2. The highest BCUT2D eigenvalue weighted by Crippen LogP contribution is 2.41. The fraction of sp³-hybridized carbons (Fsp3) is 0.615. The Morgan fingerprint density at radius 1 is 1.44 bits per heavy atom. The van der Waals surface area contributed by atoms with E-state index in [4.69, 9.17) is 9.47 Å². The highest BCUT2D eigenvalue weighted by Gasteiger charge is 2.50. The van der Waals surface area contributed by atoms with Crippen molar-refractivity contribution in [2.75, 3.05) is 6.61 Å². The molecule has 5 heteroatoms. The molecule has 0 aromatic heterocycles. The second-order valence-electron chi connectivity index (χ2n) is 4.39. The molecule has 1 aliphatic rings. The van der Waals surface area contributed by atoms with Gasteiger partial charge in [-0.3, -0.25) is 14.4 Å². The summed E-state index contributed by atoms with van der Waals surface area (Å²) in [6.45, 7) is 6.73. The Morgan fingerprint density at radius 2 is 2.11 bits per heavy atom. The standard InChI is InChI=1S/C13H18O5/c1-4-17-12(16)13(7-5-6-11(13)15)8-9(2)18-10(3)14/h2,4-8H2,1,3H3. The van der Waals surface area contributed by atoms with Gasteiger partial charge in [0.05, 0.1) is 6.61 Å². The fourth-order valence-electron chi connectivity index (χ4n) is 2.25. The third-order valence-electron chi connectivity index (χ3n) is 2.99. The van der Waals surface area contributed by atoms with E-state index < -0.39 is 17.4 Å². The maximum absolute atomic E-state index is 12.0. The van der Waals surface area contributed by atoms with Crippen LogP contribution in [0.2, 0.25) is 0 Å². The van der Waals surface area contributed by atoms with Crippen LogP contribution >= 0.6 is 0 Å². The van der Waals surface area contributed by atoms with Gasteiger partial charge < -0.3 is 9.47 Å². The molecular weight excluding hydrogens is 236 g/mol. The highest BCUT2D eigenvalue weighted by molar-refractivity contribution is 6.05. The summed E-state index contributed by atoms with van der Waals surface area (Å²) < 4.78 is 9.78. The lowest BCUT2D eigenvalue weighted by atomic mass is 9.81. The van der Waals surface area contributed by atoms with Gasteiger partial charge in [0, 0.05) is 19.8 Å². The van der Waals surface area contributed by atoms with E-state index in [1.54, 1.807) is 6.92 Å². The SMILES string of the molecule is C=C(CC1(C(=O)OCC)CCCC1=O)OC(C)=O. The first kappa shape index (κ1) is 14.4. The zero-order valence-corrected chi connectivity index (χ0v) is 10.8. The van der Waals surface area contributed by atoms with Crippen LogP contribution in [0.15, 0.2) is 12.3 Å². The lowest BCUT2D eigenvalue weighted by Gasteiger charge is -2.25. The Bertz CT molecular complexity index is 385. The normalized spacial score (nSPS) is 22.7. The molecule has 0 spiro atoms. The average Bonchev–Trinajstić information content (AvgIpc) is 2.60. The molecule has 0 amide bonds. The van der Waals surface area contributed by atoms with Gasteiger partial charge in [-0.05, 0) is 19.8 Å². The first-order valence-electron chi connectivity index (χ1n) is 5.99. The van der Waals surface area contributed by atoms with Gasteiger partial charge in [-0.15, -0.1) is 0 Å². The summed E-state index contributed by atoms with van der Waals surface area (Å²) in [5, 5.41) is 0. The molecule has 0 bridgehead atoms. The van der Waals surface area contributed by atoms with E-state index in [0.29, 0.717) is 19.3 Å². The topological polar surface area (TPSA) is 69.7 Å². The third-order valence-corrected chi connectivity index (χ3v) is 2.99. The summed E-state index contributed by atoms with van der Waals surface area (Å²) in [5.41, 5.74) is -1.21. The first-order chi connectivity index (χ1) is 8.42. The minimum Gasteiger partial charge on any atom is -0.465 e. The van der Waals surface area contributed by atoms with Crippen molar-refractivity contribution < 1.29 is 23.9 Å². The molecular formula is C13H18O5. The van der Waals surface area contributed by atoms with Crippen molar-refractivity contribution in [3.63, 3.8) is 0 Å². The molecule has 1 unspecified atom stereocenters. The lowest BCUT2D eigenvalue weighted by molar-refractivity contribution is -0.160. The molecule has 0 aromatic rings. The number of rotatable bonds is 5. The van der Waals surface area contributed by atoms with Gasteiger partial charge in [0.1, 0.15) is 11.2 Å². The van der Waals surface area contributed by atoms with Crippen molar-refractivity contribution in [3.8, 4) is 0 Å². The average molecular weight is 254 g/mol. The van der Waals surface area contributed by atoms with E-state index in [9.17, 15) is 14.4 Å². The van der Waals surface area contributed by atoms with E-state index in [2.05, 4.69) is 6.58 Å². The number of allylic oxidation sites excluding steroid dienone is 1. The Balaban J connectivity index is 2.85. The Labute approximate surface area is 106 Å². The predicted molar refractivity (Wildman–Crippen MR) is 63.4 cm³/mol. The number of hydrogen-bond acceptors (Lipinski definition) is 5. The van der Waals surface area contributed by atoms with Gasteiger partial charge in [0.25, 0.3) is 0 Å². The van der Waals surface area contributed by atoms with Crippen LogP contribution in [0.3, 0.4) is 0 Å². The molecule has 1 fully saturated rings. The molecule has 1 saturated carbocycles. The number of carbonyl (C=O) groups is 3. The number of carbonyl (C=O) groups excluding carboxylic acids is 3. The molecule has 5 nitrogen and oxygen atoms in total. The van der Waals surface area contributed by atoms with Crippen molar-refractivity contribution in [3.05, 3.63) is 12.3 Å². The van der Waals surface area contributed by atoms with Crippen LogP contribution < -0.4 is 0 Å². The number of hydrogen-bond donors (Lipinski definition) is 0. The van der Waals surface area contributed by atoms with E-state index in [1.165, 1.54) is 6.92 Å². The minimum atomic E-state index is -1.21. The summed E-state index contributed by atoms with van der Waals surface area (Å²) in [4.78, 5) is 34.8. The van der Waals surface area contributed by atoms with Gasteiger partial charge in [-0.25, -0.2) is 0 Å². The van der Waals surface area contributed by atoms with Gasteiger partial charge >= 0.3 is 11.9 Å². The summed E-state index contributed by atoms with van der Waals surface area (Å²) >= 11 is 0. The van der Waals surface area contributed by atoms with Crippen LogP contribution in [0.5, 0.6) is 0 Å². The van der Waals surface area contributed by atoms with Gasteiger partial charge in [-0.1, -0.05) is 6.58 Å². The Morgan fingerprint density at radius 3 is 2.56 bits per heavy atom. The molecule has 1 aliphatic carbocycles. The smallest absolute Gasteiger partial charge is 0.320 e. The second kappa shape index (κ2) is 5.80. The first-order valence-corrected chi connectivity index (χ1v) is 5.99. The summed E-state index contributed by atoms with van der Waals surface area (Å²) in [5.74, 6) is -1.08. The van der Waals surface area contributed by atoms with Crippen molar-refractivity contribution in [1.29, 1.82) is 0 Å². The van der Waals surface area contributed by atoms with Crippen molar-refractivity contribution in [1.82, 2.24) is 0 Å². The second-order valence-corrected chi connectivity index (χ2v) is 4.39. The molecule has 0 aliphatic heterocycles. The van der Waals surface area contributed by atoms with Gasteiger partial charge in [0.2, 0.25) is 0 Å². The van der Waals surface area contributed by atoms with E-state index in [1.807, 2.05) is 0 Å². The van der Waals surface area contributed by atoms with Crippen LogP contribution in [0, 0.1) is 5.41 Å². The largest absolute Gasteiger partial charge is 0.465 e. The monoisotopic (exact) mass is 254 g/mol. The molecule has 0 N–H and O–H groups in total. The Kier molecular flexibility index (Phi) is 4.64. The van der Waals surface area contributed by atoms with E-state index in [0.717, 1.165) is 0 Å². The molecule has 18 heavy (non-hydrogen) atoms. The number of ketones is 1. The van der Waals surface area contributed by atoms with Crippen molar-refractivity contribution >= 4 is 17.7 Å². The van der Waals surface area contributed by atoms with Crippen LogP contribution in [0.1, 0.15) is 39.5 Å². The van der Waals surface area contributed by atoms with Crippen LogP contribution in [0.25, 0.3) is 0 Å². The quantitative estimate of drug-likeness (QED) is 0.424. The fourth-order valence-corrected chi connectivity index (χ4v) is 2.25. The zero-order valence-electron chi connectivity index (χ0n) is 10.8. The maximum atomic E-state index is 12.0. The molecule has 0 radical (unpaired) electrons. The summed E-state index contributed by atoms with van der Waals surface area (Å²) in [7, 11) is 0. The Hall–Kier alpha value is -1.65. The van der Waals surface area contributed by atoms with E-state index in [-0.39, 0.29) is 24.6 Å². The number of Topliss-reactive ketones (excluding diaryl/α,β-unsaturated/α-hetero) is 1. The highest BCUT2D eigenvalue weighted by atomic mass is 16.5. The van der Waals surface area contributed by atoms with Crippen molar-refractivity contribution in [2.45, 2.75) is 39.5 Å². The van der Waals surface area contributed by atoms with Crippen LogP contribution in [0.4, 0.5) is 0 Å². The third kappa shape index (κ3) is 2.97. The molecule has 1 rings (SSSR count). The van der Waals surface area contributed by atoms with Gasteiger partial charge in [0.15, 0.2) is 5.78 Å².